The molecule has 2 aromatic heterocycles. The number of hydrogen-bond donors (Lipinski definition) is 1. The van der Waals surface area contributed by atoms with Crippen LogP contribution in [0.15, 0.2) is 18.3 Å². The van der Waals surface area contributed by atoms with Gasteiger partial charge in [-0.3, -0.25) is 9.69 Å². The summed E-state index contributed by atoms with van der Waals surface area (Å²) in [6.07, 6.45) is 1.93. The van der Waals surface area contributed by atoms with Gasteiger partial charge in [0.05, 0.1) is 31.0 Å². The molecule has 3 heterocycles. The van der Waals surface area contributed by atoms with E-state index in [-0.39, 0.29) is 6.42 Å². The van der Waals surface area contributed by atoms with Gasteiger partial charge in [-0.1, -0.05) is 0 Å². The van der Waals surface area contributed by atoms with Crippen LogP contribution in [0.3, 0.4) is 0 Å². The van der Waals surface area contributed by atoms with E-state index in [0.29, 0.717) is 12.2 Å². The van der Waals surface area contributed by atoms with E-state index in [4.69, 9.17) is 9.84 Å². The van der Waals surface area contributed by atoms with Crippen LogP contribution < -0.4 is 0 Å². The minimum Gasteiger partial charge on any atom is -0.481 e. The van der Waals surface area contributed by atoms with Crippen molar-refractivity contribution in [2.45, 2.75) is 19.9 Å². The summed E-state index contributed by atoms with van der Waals surface area (Å²) in [5.74, 6) is -0.849. The van der Waals surface area contributed by atoms with Crippen molar-refractivity contribution in [3.63, 3.8) is 0 Å². The van der Waals surface area contributed by atoms with Crippen molar-refractivity contribution < 1.29 is 14.6 Å². The molecule has 0 amide bonds. The summed E-state index contributed by atoms with van der Waals surface area (Å²) in [4.78, 5) is 17.9. The smallest absolute Gasteiger partial charge is 0.309 e. The highest BCUT2D eigenvalue weighted by atomic mass is 16.5. The average Bonchev–Trinajstić information content (AvgIpc) is 2.76. The molecule has 6 nitrogen and oxygen atoms in total. The number of ether oxygens (including phenoxy) is 1. The van der Waals surface area contributed by atoms with E-state index in [1.54, 1.807) is 0 Å². The number of nitrogens with zero attached hydrogens (tertiary/aromatic N) is 3. The molecule has 3 rings (SSSR count). The number of aromatic nitrogens is 2. The Labute approximate surface area is 123 Å². The summed E-state index contributed by atoms with van der Waals surface area (Å²) < 4.78 is 7.36. The molecule has 1 saturated heterocycles. The lowest BCUT2D eigenvalue weighted by molar-refractivity contribution is -0.136. The molecule has 1 N–H and O–H groups in total. The quantitative estimate of drug-likeness (QED) is 0.913. The van der Waals surface area contributed by atoms with Crippen LogP contribution in [0.2, 0.25) is 0 Å². The molecule has 1 fully saturated rings. The van der Waals surface area contributed by atoms with Gasteiger partial charge in [0.1, 0.15) is 5.65 Å². The Morgan fingerprint density at radius 3 is 2.90 bits per heavy atom. The van der Waals surface area contributed by atoms with Crippen LogP contribution in [0.1, 0.15) is 17.0 Å². The number of carbonyl (C=O) groups is 1. The van der Waals surface area contributed by atoms with Crippen LogP contribution >= 0.6 is 0 Å². The van der Waals surface area contributed by atoms with Gasteiger partial charge in [0.15, 0.2) is 0 Å². The topological polar surface area (TPSA) is 67.1 Å². The Hall–Kier alpha value is -1.92. The summed E-state index contributed by atoms with van der Waals surface area (Å²) in [6, 6.07) is 4.00. The minimum absolute atomic E-state index is 0.0413. The van der Waals surface area contributed by atoms with Gasteiger partial charge in [0, 0.05) is 25.8 Å². The van der Waals surface area contributed by atoms with E-state index in [9.17, 15) is 4.79 Å². The van der Waals surface area contributed by atoms with Gasteiger partial charge in [0.25, 0.3) is 0 Å². The predicted molar refractivity (Wildman–Crippen MR) is 77.4 cm³/mol. The number of aliphatic carboxylic acids is 1. The largest absolute Gasteiger partial charge is 0.481 e. The van der Waals surface area contributed by atoms with E-state index < -0.39 is 5.97 Å². The van der Waals surface area contributed by atoms with Crippen LogP contribution in [0.25, 0.3) is 5.65 Å². The molecule has 0 atom stereocenters. The van der Waals surface area contributed by atoms with Crippen molar-refractivity contribution in [2.24, 2.45) is 0 Å². The summed E-state index contributed by atoms with van der Waals surface area (Å²) in [7, 11) is 0. The van der Waals surface area contributed by atoms with Crippen LogP contribution in [-0.2, 0) is 22.5 Å². The first-order valence-corrected chi connectivity index (χ1v) is 7.12. The van der Waals surface area contributed by atoms with Crippen molar-refractivity contribution >= 4 is 11.6 Å². The number of carboxylic acids is 1. The second kappa shape index (κ2) is 5.83. The monoisotopic (exact) mass is 289 g/mol. The van der Waals surface area contributed by atoms with E-state index in [1.165, 1.54) is 0 Å². The van der Waals surface area contributed by atoms with Gasteiger partial charge in [-0.15, -0.1) is 0 Å². The van der Waals surface area contributed by atoms with Gasteiger partial charge < -0.3 is 14.2 Å². The minimum atomic E-state index is -0.849. The highest BCUT2D eigenvalue weighted by Crippen LogP contribution is 2.17. The van der Waals surface area contributed by atoms with Crippen LogP contribution in [-0.4, -0.2) is 51.7 Å². The highest BCUT2D eigenvalue weighted by Gasteiger charge is 2.19. The van der Waals surface area contributed by atoms with Gasteiger partial charge in [-0.25, -0.2) is 4.98 Å². The Balaban J connectivity index is 1.97. The number of imidazole rings is 1. The number of fused-ring (bicyclic) bond motifs is 1. The molecule has 0 bridgehead atoms. The Bertz CT molecular complexity index is 659. The van der Waals surface area contributed by atoms with Crippen LogP contribution in [0.4, 0.5) is 0 Å². The third kappa shape index (κ3) is 3.06. The van der Waals surface area contributed by atoms with E-state index in [0.717, 1.165) is 43.2 Å². The molecule has 0 radical (unpaired) electrons. The second-order valence-corrected chi connectivity index (χ2v) is 5.40. The SMILES string of the molecule is Cc1ccn2c(CN3CCOCC3)c(CC(=O)O)nc2c1. The van der Waals surface area contributed by atoms with Gasteiger partial charge in [-0.05, 0) is 24.6 Å². The summed E-state index contributed by atoms with van der Waals surface area (Å²) in [5.41, 5.74) is 3.55. The zero-order valence-corrected chi connectivity index (χ0v) is 12.1. The normalized spacial score (nSPS) is 16.4. The zero-order valence-electron chi connectivity index (χ0n) is 12.1. The molecular formula is C15H19N3O3. The lowest BCUT2D eigenvalue weighted by Gasteiger charge is -2.26. The number of aryl methyl sites for hydroxylation is 1. The standard InChI is InChI=1S/C15H19N3O3/c1-11-2-3-18-13(10-17-4-6-21-7-5-17)12(9-15(19)20)16-14(18)8-11/h2-3,8H,4-7,9-10H2,1H3,(H,19,20). The molecule has 0 saturated carbocycles. The number of rotatable bonds is 4. The average molecular weight is 289 g/mol. The van der Waals surface area contributed by atoms with Crippen LogP contribution in [0, 0.1) is 6.92 Å². The molecule has 1 aliphatic heterocycles. The fourth-order valence-corrected chi connectivity index (χ4v) is 2.67. The van der Waals surface area contributed by atoms with Gasteiger partial charge in [0.2, 0.25) is 0 Å². The molecule has 0 aromatic carbocycles. The van der Waals surface area contributed by atoms with E-state index in [2.05, 4.69) is 9.88 Å². The third-order valence-corrected chi connectivity index (χ3v) is 3.76. The second-order valence-electron chi connectivity index (χ2n) is 5.40. The van der Waals surface area contributed by atoms with Crippen molar-refractivity contribution in [2.75, 3.05) is 26.3 Å². The number of hydrogen-bond acceptors (Lipinski definition) is 4. The Morgan fingerprint density at radius 1 is 1.43 bits per heavy atom. The Kier molecular flexibility index (Phi) is 3.90. The number of morpholine rings is 1. The first-order valence-electron chi connectivity index (χ1n) is 7.12. The summed E-state index contributed by atoms with van der Waals surface area (Å²) in [5, 5.41) is 9.09. The third-order valence-electron chi connectivity index (χ3n) is 3.76. The maximum absolute atomic E-state index is 11.1. The first-order chi connectivity index (χ1) is 10.1. The van der Waals surface area contributed by atoms with E-state index >= 15 is 0 Å². The highest BCUT2D eigenvalue weighted by molar-refractivity contribution is 5.70. The van der Waals surface area contributed by atoms with Crippen molar-refractivity contribution in [3.05, 3.63) is 35.3 Å². The lowest BCUT2D eigenvalue weighted by atomic mass is 10.2. The summed E-state index contributed by atoms with van der Waals surface area (Å²) in [6.45, 7) is 5.90. The molecule has 112 valence electrons. The predicted octanol–water partition coefficient (Wildman–Crippen LogP) is 1.10. The zero-order chi connectivity index (χ0) is 14.8. The molecule has 1 aliphatic rings. The fraction of sp³-hybridized carbons (Fsp3) is 0.467. The molecule has 0 spiro atoms. The van der Waals surface area contributed by atoms with Crippen molar-refractivity contribution in [3.8, 4) is 0 Å². The van der Waals surface area contributed by atoms with Crippen LogP contribution in [0.5, 0.6) is 0 Å². The Morgan fingerprint density at radius 2 is 2.19 bits per heavy atom. The van der Waals surface area contributed by atoms with Gasteiger partial charge in [-0.2, -0.15) is 0 Å². The maximum atomic E-state index is 11.1. The molecule has 2 aromatic rings. The molecule has 0 aliphatic carbocycles. The molecular weight excluding hydrogens is 270 g/mol. The molecule has 6 heteroatoms. The fourth-order valence-electron chi connectivity index (χ4n) is 2.67. The maximum Gasteiger partial charge on any atom is 0.309 e. The summed E-state index contributed by atoms with van der Waals surface area (Å²) >= 11 is 0. The lowest BCUT2D eigenvalue weighted by Crippen LogP contribution is -2.36. The van der Waals surface area contributed by atoms with Crippen molar-refractivity contribution in [1.29, 1.82) is 0 Å². The number of pyridine rings is 1. The molecule has 21 heavy (non-hydrogen) atoms. The first kappa shape index (κ1) is 14.0. The molecule has 0 unspecified atom stereocenters. The van der Waals surface area contributed by atoms with Gasteiger partial charge >= 0.3 is 5.97 Å². The number of carboxylic acid groups (broad SMARTS) is 1. The van der Waals surface area contributed by atoms with Crippen molar-refractivity contribution in [1.82, 2.24) is 14.3 Å². The van der Waals surface area contributed by atoms with E-state index in [1.807, 2.05) is 29.7 Å².